The van der Waals surface area contributed by atoms with Crippen LogP contribution in [0.4, 0.5) is 0 Å². The van der Waals surface area contributed by atoms with E-state index in [1.165, 1.54) is 50.5 Å². The molecular formula is C19H34ClN. The molecule has 0 saturated heterocycles. The van der Waals surface area contributed by atoms with Gasteiger partial charge in [-0.25, -0.2) is 0 Å². The molecule has 1 rings (SSSR count). The Kier molecular flexibility index (Phi) is 10.8. The largest absolute Gasteiger partial charge is 0.325 e. The van der Waals surface area contributed by atoms with Gasteiger partial charge in [-0.2, -0.15) is 0 Å². The monoisotopic (exact) mass is 311 g/mol. The van der Waals surface area contributed by atoms with Crippen LogP contribution in [0.2, 0.25) is 0 Å². The van der Waals surface area contributed by atoms with E-state index in [1.54, 1.807) is 0 Å². The first-order chi connectivity index (χ1) is 9.54. The fraction of sp³-hybridized carbons (Fsp3) is 0.684. The number of hydrogen-bond donors (Lipinski definition) is 1. The third-order valence-electron chi connectivity index (χ3n) is 4.28. The number of unbranched alkanes of at least 4 members (excludes halogenated alkanes) is 5. The van der Waals surface area contributed by atoms with Crippen molar-refractivity contribution in [2.24, 2.45) is 11.7 Å². The zero-order valence-corrected chi connectivity index (χ0v) is 14.9. The predicted octanol–water partition coefficient (Wildman–Crippen LogP) is 5.76. The first kappa shape index (κ1) is 20.5. The first-order valence-electron chi connectivity index (χ1n) is 8.37. The van der Waals surface area contributed by atoms with Crippen molar-refractivity contribution in [3.8, 4) is 0 Å². The summed E-state index contributed by atoms with van der Waals surface area (Å²) in [5, 5.41) is 0. The maximum atomic E-state index is 6.39. The van der Waals surface area contributed by atoms with Crippen LogP contribution in [0.25, 0.3) is 0 Å². The Bertz CT molecular complexity index is 342. The molecule has 1 aromatic rings. The molecule has 0 aliphatic carbocycles. The lowest BCUT2D eigenvalue weighted by Crippen LogP contribution is -2.42. The fourth-order valence-electron chi connectivity index (χ4n) is 2.81. The van der Waals surface area contributed by atoms with Gasteiger partial charge in [-0.1, -0.05) is 75.8 Å². The van der Waals surface area contributed by atoms with Crippen molar-refractivity contribution in [1.29, 1.82) is 0 Å². The highest BCUT2D eigenvalue weighted by Crippen LogP contribution is 2.25. The molecule has 2 heteroatoms. The van der Waals surface area contributed by atoms with E-state index >= 15 is 0 Å². The minimum atomic E-state index is -0.0841. The van der Waals surface area contributed by atoms with Gasteiger partial charge in [0.05, 0.1) is 0 Å². The van der Waals surface area contributed by atoms with Crippen LogP contribution in [0.3, 0.4) is 0 Å². The summed E-state index contributed by atoms with van der Waals surface area (Å²) in [6, 6.07) is 10.8. The number of rotatable bonds is 10. The standard InChI is InChI=1S/C19H33N.ClH/c1-4-5-6-7-8-12-15-18(19(2,3)20)16-17-13-10-9-11-14-17;/h9-11,13-14,18H,4-8,12,15-16,20H2,1-3H3;1H. The van der Waals surface area contributed by atoms with Gasteiger partial charge in [0.25, 0.3) is 0 Å². The average Bonchev–Trinajstić information content (AvgIpc) is 2.41. The summed E-state index contributed by atoms with van der Waals surface area (Å²) in [6.07, 6.45) is 10.5. The van der Waals surface area contributed by atoms with Crippen LogP contribution in [0, 0.1) is 5.92 Å². The maximum absolute atomic E-state index is 6.39. The van der Waals surface area contributed by atoms with Gasteiger partial charge >= 0.3 is 0 Å². The molecule has 0 saturated carbocycles. The minimum Gasteiger partial charge on any atom is -0.325 e. The van der Waals surface area contributed by atoms with Gasteiger partial charge in [0, 0.05) is 5.54 Å². The molecule has 0 spiro atoms. The summed E-state index contributed by atoms with van der Waals surface area (Å²) < 4.78 is 0. The van der Waals surface area contributed by atoms with Crippen molar-refractivity contribution in [2.45, 2.75) is 77.7 Å². The summed E-state index contributed by atoms with van der Waals surface area (Å²) >= 11 is 0. The van der Waals surface area contributed by atoms with Crippen LogP contribution in [0.1, 0.15) is 71.3 Å². The molecule has 0 bridgehead atoms. The molecule has 0 aliphatic heterocycles. The van der Waals surface area contributed by atoms with Gasteiger partial charge in [-0.15, -0.1) is 12.4 Å². The Balaban J connectivity index is 0.00000400. The van der Waals surface area contributed by atoms with Gasteiger partial charge in [0.2, 0.25) is 0 Å². The fourth-order valence-corrected chi connectivity index (χ4v) is 2.81. The molecule has 122 valence electrons. The van der Waals surface area contributed by atoms with Crippen molar-refractivity contribution in [3.05, 3.63) is 35.9 Å². The van der Waals surface area contributed by atoms with Gasteiger partial charge < -0.3 is 5.73 Å². The van der Waals surface area contributed by atoms with E-state index < -0.39 is 0 Å². The van der Waals surface area contributed by atoms with E-state index in [4.69, 9.17) is 5.73 Å². The summed E-state index contributed by atoms with van der Waals surface area (Å²) in [5.74, 6) is 0.580. The van der Waals surface area contributed by atoms with Crippen molar-refractivity contribution in [3.63, 3.8) is 0 Å². The molecule has 0 fully saturated rings. The number of benzene rings is 1. The van der Waals surface area contributed by atoms with E-state index in [-0.39, 0.29) is 17.9 Å². The SMILES string of the molecule is CCCCCCCCC(Cc1ccccc1)C(C)(C)N.Cl. The van der Waals surface area contributed by atoms with E-state index in [9.17, 15) is 0 Å². The Morgan fingerprint density at radius 2 is 1.52 bits per heavy atom. The van der Waals surface area contributed by atoms with Crippen LogP contribution in [0.5, 0.6) is 0 Å². The highest BCUT2D eigenvalue weighted by Gasteiger charge is 2.24. The molecule has 0 amide bonds. The number of halogens is 1. The molecule has 0 heterocycles. The first-order valence-corrected chi connectivity index (χ1v) is 8.37. The van der Waals surface area contributed by atoms with E-state index in [1.807, 2.05) is 0 Å². The lowest BCUT2D eigenvalue weighted by molar-refractivity contribution is 0.290. The van der Waals surface area contributed by atoms with Crippen LogP contribution in [-0.2, 0) is 6.42 Å². The van der Waals surface area contributed by atoms with Crippen LogP contribution < -0.4 is 5.73 Å². The smallest absolute Gasteiger partial charge is 0.0129 e. The Hall–Kier alpha value is -0.530. The van der Waals surface area contributed by atoms with Gasteiger partial charge in [-0.05, 0) is 38.2 Å². The predicted molar refractivity (Wildman–Crippen MR) is 97.1 cm³/mol. The Morgan fingerprint density at radius 3 is 2.10 bits per heavy atom. The third-order valence-corrected chi connectivity index (χ3v) is 4.28. The van der Waals surface area contributed by atoms with Crippen molar-refractivity contribution >= 4 is 12.4 Å². The Labute approximate surface area is 138 Å². The highest BCUT2D eigenvalue weighted by molar-refractivity contribution is 5.85. The highest BCUT2D eigenvalue weighted by atomic mass is 35.5. The lowest BCUT2D eigenvalue weighted by atomic mass is 9.80. The molecule has 0 aliphatic rings. The summed E-state index contributed by atoms with van der Waals surface area (Å²) in [7, 11) is 0. The second kappa shape index (κ2) is 11.1. The molecular weight excluding hydrogens is 278 g/mol. The molecule has 0 radical (unpaired) electrons. The van der Waals surface area contributed by atoms with Gasteiger partial charge in [0.15, 0.2) is 0 Å². The van der Waals surface area contributed by atoms with E-state index in [0.29, 0.717) is 5.92 Å². The van der Waals surface area contributed by atoms with Gasteiger partial charge in [-0.3, -0.25) is 0 Å². The topological polar surface area (TPSA) is 26.0 Å². The second-order valence-corrected chi connectivity index (χ2v) is 6.76. The second-order valence-electron chi connectivity index (χ2n) is 6.76. The number of nitrogens with two attached hydrogens (primary N) is 1. The van der Waals surface area contributed by atoms with Crippen LogP contribution >= 0.6 is 12.4 Å². The van der Waals surface area contributed by atoms with Crippen LogP contribution in [-0.4, -0.2) is 5.54 Å². The minimum absolute atomic E-state index is 0. The average molecular weight is 312 g/mol. The zero-order chi connectivity index (χ0) is 14.8. The summed E-state index contributed by atoms with van der Waals surface area (Å²) in [6.45, 7) is 6.63. The van der Waals surface area contributed by atoms with Crippen molar-refractivity contribution < 1.29 is 0 Å². The molecule has 1 nitrogen and oxygen atoms in total. The Morgan fingerprint density at radius 1 is 0.952 bits per heavy atom. The van der Waals surface area contributed by atoms with E-state index in [0.717, 1.165) is 6.42 Å². The quantitative estimate of drug-likeness (QED) is 0.547. The van der Waals surface area contributed by atoms with E-state index in [2.05, 4.69) is 51.1 Å². The maximum Gasteiger partial charge on any atom is 0.0129 e. The molecule has 1 atom stereocenters. The van der Waals surface area contributed by atoms with Crippen molar-refractivity contribution in [1.82, 2.24) is 0 Å². The summed E-state index contributed by atoms with van der Waals surface area (Å²) in [5.41, 5.74) is 7.72. The zero-order valence-electron chi connectivity index (χ0n) is 14.1. The third kappa shape index (κ3) is 9.16. The van der Waals surface area contributed by atoms with Crippen molar-refractivity contribution in [2.75, 3.05) is 0 Å². The number of hydrogen-bond acceptors (Lipinski definition) is 1. The molecule has 0 aromatic heterocycles. The lowest BCUT2D eigenvalue weighted by Gasteiger charge is -2.31. The van der Waals surface area contributed by atoms with Crippen LogP contribution in [0.15, 0.2) is 30.3 Å². The molecule has 21 heavy (non-hydrogen) atoms. The molecule has 1 unspecified atom stereocenters. The molecule has 1 aromatic carbocycles. The normalized spacial score (nSPS) is 12.8. The molecule has 2 N–H and O–H groups in total. The summed E-state index contributed by atoms with van der Waals surface area (Å²) in [4.78, 5) is 0. The van der Waals surface area contributed by atoms with Gasteiger partial charge in [0.1, 0.15) is 0 Å².